The van der Waals surface area contributed by atoms with E-state index in [0.717, 1.165) is 25.7 Å². The molecule has 0 aliphatic carbocycles. The molecule has 4 N–H and O–H groups in total. The quantitative estimate of drug-likeness (QED) is 0.390. The molecule has 33 heavy (non-hydrogen) atoms. The number of benzene rings is 2. The van der Waals surface area contributed by atoms with Gasteiger partial charge in [-0.1, -0.05) is 57.5 Å². The number of anilines is 1. The van der Waals surface area contributed by atoms with Gasteiger partial charge in [0.2, 0.25) is 5.91 Å². The van der Waals surface area contributed by atoms with Gasteiger partial charge in [-0.2, -0.15) is 0 Å². The Balaban J connectivity index is 1.99. The van der Waals surface area contributed by atoms with Gasteiger partial charge in [-0.25, -0.2) is 4.79 Å². The summed E-state index contributed by atoms with van der Waals surface area (Å²) >= 11 is 0. The molecular weight excluding hydrogens is 416 g/mol. The summed E-state index contributed by atoms with van der Waals surface area (Å²) in [6.07, 6.45) is 4.01. The predicted octanol–water partition coefficient (Wildman–Crippen LogP) is 4.11. The van der Waals surface area contributed by atoms with Crippen molar-refractivity contribution in [2.75, 3.05) is 18.4 Å². The molecule has 0 unspecified atom stereocenters. The first kappa shape index (κ1) is 25.9. The maximum Gasteiger partial charge on any atom is 0.319 e. The summed E-state index contributed by atoms with van der Waals surface area (Å²) in [5.74, 6) is -0.241. The predicted molar refractivity (Wildman–Crippen MR) is 132 cm³/mol. The summed E-state index contributed by atoms with van der Waals surface area (Å²) in [5, 5.41) is 11.0. The van der Waals surface area contributed by atoms with Gasteiger partial charge in [0.1, 0.15) is 6.04 Å². The van der Waals surface area contributed by atoms with Crippen LogP contribution in [0.5, 0.6) is 0 Å². The zero-order valence-corrected chi connectivity index (χ0v) is 19.8. The van der Waals surface area contributed by atoms with Crippen molar-refractivity contribution in [2.24, 2.45) is 5.92 Å². The zero-order chi connectivity index (χ0) is 24.1. The number of rotatable bonds is 12. The topological polar surface area (TPSA) is 99.3 Å². The van der Waals surface area contributed by atoms with Crippen molar-refractivity contribution in [1.29, 1.82) is 0 Å². The second kappa shape index (κ2) is 13.9. The largest absolute Gasteiger partial charge is 0.354 e. The van der Waals surface area contributed by atoms with Crippen LogP contribution in [0.2, 0.25) is 0 Å². The van der Waals surface area contributed by atoms with Crippen LogP contribution >= 0.6 is 0 Å². The van der Waals surface area contributed by atoms with E-state index in [-0.39, 0.29) is 18.4 Å². The van der Waals surface area contributed by atoms with Gasteiger partial charge in [0.25, 0.3) is 5.91 Å². The average molecular weight is 453 g/mol. The summed E-state index contributed by atoms with van der Waals surface area (Å²) in [6.45, 7) is 6.76. The first-order valence-electron chi connectivity index (χ1n) is 11.7. The van der Waals surface area contributed by atoms with Crippen LogP contribution in [0.25, 0.3) is 0 Å². The molecule has 178 valence electrons. The highest BCUT2D eigenvalue weighted by Crippen LogP contribution is 2.09. The second-order valence-electron chi connectivity index (χ2n) is 8.50. The van der Waals surface area contributed by atoms with Gasteiger partial charge >= 0.3 is 6.03 Å². The molecule has 2 rings (SSSR count). The molecule has 0 aromatic heterocycles. The first-order valence-corrected chi connectivity index (χ1v) is 11.7. The van der Waals surface area contributed by atoms with E-state index in [1.54, 1.807) is 24.3 Å². The molecule has 0 radical (unpaired) electrons. The second-order valence-corrected chi connectivity index (χ2v) is 8.50. The summed E-state index contributed by atoms with van der Waals surface area (Å²) in [7, 11) is 0. The van der Waals surface area contributed by atoms with E-state index in [9.17, 15) is 14.4 Å². The number of para-hydroxylation sites is 1. The molecule has 0 heterocycles. The number of carbonyl (C=O) groups excluding carboxylic acids is 3. The molecule has 7 heteroatoms. The minimum Gasteiger partial charge on any atom is -0.354 e. The monoisotopic (exact) mass is 452 g/mol. The Morgan fingerprint density at radius 3 is 2.24 bits per heavy atom. The van der Waals surface area contributed by atoms with E-state index in [2.05, 4.69) is 42.0 Å². The summed E-state index contributed by atoms with van der Waals surface area (Å²) in [6, 6.07) is 15.1. The zero-order valence-electron chi connectivity index (χ0n) is 19.8. The van der Waals surface area contributed by atoms with Crippen molar-refractivity contribution in [3.63, 3.8) is 0 Å². The van der Waals surface area contributed by atoms with Crippen molar-refractivity contribution in [1.82, 2.24) is 16.0 Å². The van der Waals surface area contributed by atoms with Crippen LogP contribution in [0.1, 0.15) is 56.0 Å². The number of nitrogens with one attached hydrogen (secondary N) is 4. The third kappa shape index (κ3) is 9.76. The lowest BCUT2D eigenvalue weighted by atomic mass is 10.1. The van der Waals surface area contributed by atoms with Gasteiger partial charge in [0.15, 0.2) is 0 Å². The van der Waals surface area contributed by atoms with Crippen molar-refractivity contribution < 1.29 is 14.4 Å². The Morgan fingerprint density at radius 2 is 1.61 bits per heavy atom. The van der Waals surface area contributed by atoms with E-state index < -0.39 is 12.1 Å². The minimum absolute atomic E-state index is 0.0352. The van der Waals surface area contributed by atoms with Crippen LogP contribution in [-0.4, -0.2) is 37.0 Å². The molecule has 2 aromatic rings. The average Bonchev–Trinajstić information content (AvgIpc) is 2.80. The first-order chi connectivity index (χ1) is 15.9. The van der Waals surface area contributed by atoms with Crippen LogP contribution < -0.4 is 21.3 Å². The Bertz CT molecular complexity index is 882. The van der Waals surface area contributed by atoms with Gasteiger partial charge in [-0.3, -0.25) is 9.59 Å². The summed E-state index contributed by atoms with van der Waals surface area (Å²) in [4.78, 5) is 37.8. The normalized spacial score (nSPS) is 11.5. The SMILES string of the molecule is CCCCc1ccc(C(=O)N[C@@H](CNC(=O)Nc2ccccc2)C(=O)NCCC(C)C)cc1. The molecule has 0 spiro atoms. The fourth-order valence-corrected chi connectivity index (χ4v) is 3.15. The highest BCUT2D eigenvalue weighted by atomic mass is 16.2. The fraction of sp³-hybridized carbons (Fsp3) is 0.423. The van der Waals surface area contributed by atoms with E-state index in [1.165, 1.54) is 5.56 Å². The molecule has 0 fully saturated rings. The van der Waals surface area contributed by atoms with Crippen LogP contribution in [-0.2, 0) is 11.2 Å². The molecule has 4 amide bonds. The van der Waals surface area contributed by atoms with Gasteiger partial charge in [-0.05, 0) is 55.0 Å². The Kier molecular flexibility index (Phi) is 10.9. The van der Waals surface area contributed by atoms with Gasteiger partial charge in [-0.15, -0.1) is 0 Å². The molecule has 7 nitrogen and oxygen atoms in total. The van der Waals surface area contributed by atoms with Crippen molar-refractivity contribution in [3.05, 3.63) is 65.7 Å². The molecule has 0 bridgehead atoms. The van der Waals surface area contributed by atoms with Crippen LogP contribution in [0.3, 0.4) is 0 Å². The van der Waals surface area contributed by atoms with E-state index in [0.29, 0.717) is 23.7 Å². The number of urea groups is 1. The maximum atomic E-state index is 12.8. The Hall–Kier alpha value is -3.35. The molecule has 2 aromatic carbocycles. The summed E-state index contributed by atoms with van der Waals surface area (Å²) in [5.41, 5.74) is 2.29. The number of carbonyl (C=O) groups is 3. The van der Waals surface area contributed by atoms with Crippen molar-refractivity contribution in [2.45, 2.75) is 52.5 Å². The highest BCUT2D eigenvalue weighted by molar-refractivity contribution is 5.98. The third-order valence-corrected chi connectivity index (χ3v) is 5.18. The smallest absolute Gasteiger partial charge is 0.319 e. The van der Waals surface area contributed by atoms with Gasteiger partial charge in [0.05, 0.1) is 0 Å². The Morgan fingerprint density at radius 1 is 0.909 bits per heavy atom. The number of amides is 4. The van der Waals surface area contributed by atoms with Gasteiger partial charge < -0.3 is 21.3 Å². The minimum atomic E-state index is -0.897. The maximum absolute atomic E-state index is 12.8. The lowest BCUT2D eigenvalue weighted by molar-refractivity contribution is -0.122. The summed E-state index contributed by atoms with van der Waals surface area (Å²) < 4.78 is 0. The third-order valence-electron chi connectivity index (χ3n) is 5.18. The van der Waals surface area contributed by atoms with Crippen LogP contribution in [0.15, 0.2) is 54.6 Å². The molecular formula is C26H36N4O3. The lowest BCUT2D eigenvalue weighted by Gasteiger charge is -2.20. The van der Waals surface area contributed by atoms with Crippen molar-refractivity contribution in [3.8, 4) is 0 Å². The van der Waals surface area contributed by atoms with Crippen LogP contribution in [0.4, 0.5) is 10.5 Å². The number of hydrogen-bond donors (Lipinski definition) is 4. The van der Waals surface area contributed by atoms with Crippen molar-refractivity contribution >= 4 is 23.5 Å². The Labute approximate surface area is 196 Å². The van der Waals surface area contributed by atoms with Gasteiger partial charge in [0, 0.05) is 24.3 Å². The van der Waals surface area contributed by atoms with E-state index in [4.69, 9.17) is 0 Å². The molecule has 1 atom stereocenters. The van der Waals surface area contributed by atoms with E-state index >= 15 is 0 Å². The molecule has 0 aliphatic rings. The van der Waals surface area contributed by atoms with Crippen LogP contribution in [0, 0.1) is 5.92 Å². The lowest BCUT2D eigenvalue weighted by Crippen LogP contribution is -2.53. The number of unbranched alkanes of at least 4 members (excludes halogenated alkanes) is 1. The molecule has 0 aliphatic heterocycles. The molecule has 0 saturated carbocycles. The standard InChI is InChI=1S/C26H36N4O3/c1-4-5-9-20-12-14-21(15-13-20)24(31)30-23(25(32)27-17-16-19(2)3)18-28-26(33)29-22-10-7-6-8-11-22/h6-8,10-15,19,23H,4-5,9,16-18H2,1-3H3,(H,27,32)(H,30,31)(H2,28,29,33)/t23-/m0/s1. The number of aryl methyl sites for hydroxylation is 1. The fourth-order valence-electron chi connectivity index (χ4n) is 3.15. The highest BCUT2D eigenvalue weighted by Gasteiger charge is 2.22. The number of hydrogen-bond acceptors (Lipinski definition) is 3. The van der Waals surface area contributed by atoms with E-state index in [1.807, 2.05) is 30.3 Å². The molecule has 0 saturated heterocycles.